The maximum absolute atomic E-state index is 5.31. The molecule has 4 saturated carbocycles. The van der Waals surface area contributed by atoms with E-state index in [4.69, 9.17) is 12.6 Å². The predicted molar refractivity (Wildman–Crippen MR) is 143 cm³/mol. The Morgan fingerprint density at radius 1 is 0.774 bits per heavy atom. The second-order valence-electron chi connectivity index (χ2n) is 13.8. The summed E-state index contributed by atoms with van der Waals surface area (Å²) in [6.07, 6.45) is 16.0. The van der Waals surface area contributed by atoms with Crippen LogP contribution in [0.25, 0.3) is 0 Å². The number of hydrogen-bond donors (Lipinski definition) is 2. The van der Waals surface area contributed by atoms with E-state index in [0.29, 0.717) is 21.5 Å². The predicted octanol–water partition coefficient (Wildman–Crippen LogP) is 8.95. The Bertz CT molecular complexity index is 626. The van der Waals surface area contributed by atoms with Crippen molar-refractivity contribution in [1.82, 2.24) is 0 Å². The van der Waals surface area contributed by atoms with Gasteiger partial charge < -0.3 is 0 Å². The lowest BCUT2D eigenvalue weighted by Crippen LogP contribution is -2.56. The molecule has 0 nitrogen and oxygen atoms in total. The fourth-order valence-electron chi connectivity index (χ4n) is 9.82. The minimum Gasteiger partial charge on any atom is -0.179 e. The van der Waals surface area contributed by atoms with Gasteiger partial charge in [-0.15, -0.1) is 0 Å². The lowest BCUT2D eigenvalue weighted by molar-refractivity contribution is -0.136. The maximum atomic E-state index is 5.31. The fourth-order valence-corrected chi connectivity index (χ4v) is 11.1. The minimum atomic E-state index is 0.506. The van der Waals surface area contributed by atoms with Crippen LogP contribution in [0, 0.1) is 57.7 Å². The van der Waals surface area contributed by atoms with Crippen LogP contribution in [0.4, 0.5) is 0 Å². The zero-order valence-corrected chi connectivity index (χ0v) is 23.3. The molecule has 0 bridgehead atoms. The van der Waals surface area contributed by atoms with Gasteiger partial charge in [0.1, 0.15) is 0 Å². The van der Waals surface area contributed by atoms with E-state index in [0.717, 1.165) is 47.2 Å². The van der Waals surface area contributed by atoms with Crippen LogP contribution in [0.15, 0.2) is 0 Å². The highest BCUT2D eigenvalue weighted by Crippen LogP contribution is 2.72. The zero-order valence-electron chi connectivity index (χ0n) is 21.5. The van der Waals surface area contributed by atoms with E-state index in [2.05, 4.69) is 54.2 Å². The standard InChI is InChI=1S/C29H52S2/c1-19(2)20(18-30)9-12-26(31)25-14-17-28(5)24-11-10-23-21(8-7-15-27(23,3)4)22(24)13-16-29(25,28)6/h19-26,30-31H,7-18H2,1-6H3. The van der Waals surface area contributed by atoms with E-state index < -0.39 is 0 Å². The maximum Gasteiger partial charge on any atom is 0.00505 e. The number of fused-ring (bicyclic) bond motifs is 5. The molecule has 0 amide bonds. The molecule has 180 valence electrons. The molecule has 0 aromatic rings. The Balaban J connectivity index is 1.49. The van der Waals surface area contributed by atoms with Gasteiger partial charge in [-0.1, -0.05) is 48.0 Å². The summed E-state index contributed by atoms with van der Waals surface area (Å²) in [6, 6.07) is 0. The highest BCUT2D eigenvalue weighted by molar-refractivity contribution is 7.81. The van der Waals surface area contributed by atoms with Crippen molar-refractivity contribution in [2.24, 2.45) is 57.7 Å². The molecule has 9 unspecified atom stereocenters. The van der Waals surface area contributed by atoms with Crippen LogP contribution in [0.3, 0.4) is 0 Å². The minimum absolute atomic E-state index is 0.506. The van der Waals surface area contributed by atoms with E-state index in [1.165, 1.54) is 70.6 Å². The fraction of sp³-hybridized carbons (Fsp3) is 1.00. The monoisotopic (exact) mass is 464 g/mol. The van der Waals surface area contributed by atoms with Crippen LogP contribution in [0.1, 0.15) is 112 Å². The molecule has 31 heavy (non-hydrogen) atoms. The van der Waals surface area contributed by atoms with Crippen LogP contribution in [-0.4, -0.2) is 11.0 Å². The smallest absolute Gasteiger partial charge is 0.00505 e. The van der Waals surface area contributed by atoms with Gasteiger partial charge in [0.25, 0.3) is 0 Å². The quantitative estimate of drug-likeness (QED) is 0.360. The van der Waals surface area contributed by atoms with Gasteiger partial charge in [0.05, 0.1) is 0 Å². The molecule has 4 aliphatic carbocycles. The number of rotatable bonds is 6. The van der Waals surface area contributed by atoms with Crippen LogP contribution in [-0.2, 0) is 0 Å². The molecule has 0 aliphatic heterocycles. The first-order valence-corrected chi connectivity index (χ1v) is 15.0. The highest BCUT2D eigenvalue weighted by Gasteiger charge is 2.64. The Morgan fingerprint density at radius 3 is 2.10 bits per heavy atom. The summed E-state index contributed by atoms with van der Waals surface area (Å²) in [5.41, 5.74) is 1.64. The molecule has 0 aromatic carbocycles. The van der Waals surface area contributed by atoms with E-state index in [-0.39, 0.29) is 0 Å². The van der Waals surface area contributed by atoms with Gasteiger partial charge in [-0.25, -0.2) is 0 Å². The first-order chi connectivity index (χ1) is 14.5. The van der Waals surface area contributed by atoms with Crippen molar-refractivity contribution < 1.29 is 0 Å². The first kappa shape index (κ1) is 24.8. The van der Waals surface area contributed by atoms with Crippen LogP contribution >= 0.6 is 25.3 Å². The van der Waals surface area contributed by atoms with Crippen molar-refractivity contribution >= 4 is 25.3 Å². The summed E-state index contributed by atoms with van der Waals surface area (Å²) < 4.78 is 0. The van der Waals surface area contributed by atoms with Crippen molar-refractivity contribution in [3.63, 3.8) is 0 Å². The summed E-state index contributed by atoms with van der Waals surface area (Å²) in [7, 11) is 0. The van der Waals surface area contributed by atoms with Crippen LogP contribution in [0.5, 0.6) is 0 Å². The van der Waals surface area contributed by atoms with Gasteiger partial charge in [-0.05, 0) is 128 Å². The Kier molecular flexibility index (Phi) is 7.24. The Labute approximate surface area is 205 Å². The Morgan fingerprint density at radius 2 is 1.42 bits per heavy atom. The average Bonchev–Trinajstić information content (AvgIpc) is 2.99. The SMILES string of the molecule is CC(C)C(CS)CCC(S)C1CCC2(C)C3CCC4C(CCCC4(C)C)C3CCC12C. The van der Waals surface area contributed by atoms with Gasteiger partial charge >= 0.3 is 0 Å². The number of hydrogen-bond acceptors (Lipinski definition) is 2. The molecule has 0 aromatic heterocycles. The summed E-state index contributed by atoms with van der Waals surface area (Å²) >= 11 is 9.95. The molecule has 4 fully saturated rings. The summed E-state index contributed by atoms with van der Waals surface area (Å²) in [6.45, 7) is 15.4. The normalized spacial score (nSPS) is 46.2. The van der Waals surface area contributed by atoms with Gasteiger partial charge in [-0.2, -0.15) is 25.3 Å². The third-order valence-corrected chi connectivity index (χ3v) is 13.2. The average molecular weight is 465 g/mol. The molecule has 9 atom stereocenters. The van der Waals surface area contributed by atoms with E-state index >= 15 is 0 Å². The van der Waals surface area contributed by atoms with Crippen molar-refractivity contribution in [2.45, 2.75) is 117 Å². The second kappa shape index (κ2) is 9.05. The summed E-state index contributed by atoms with van der Waals surface area (Å²) in [5, 5.41) is 0.578. The van der Waals surface area contributed by atoms with Crippen molar-refractivity contribution in [3.05, 3.63) is 0 Å². The van der Waals surface area contributed by atoms with Crippen molar-refractivity contribution in [3.8, 4) is 0 Å². The molecule has 0 heterocycles. The molecular weight excluding hydrogens is 412 g/mol. The van der Waals surface area contributed by atoms with Gasteiger partial charge in [0.2, 0.25) is 0 Å². The molecule has 0 N–H and O–H groups in total. The van der Waals surface area contributed by atoms with Gasteiger partial charge in [0.15, 0.2) is 0 Å². The van der Waals surface area contributed by atoms with Crippen molar-refractivity contribution in [1.29, 1.82) is 0 Å². The number of thiol groups is 2. The molecule has 4 aliphatic rings. The van der Waals surface area contributed by atoms with E-state index in [1.54, 1.807) is 0 Å². The zero-order chi connectivity index (χ0) is 22.6. The van der Waals surface area contributed by atoms with E-state index in [1.807, 2.05) is 0 Å². The lowest BCUT2D eigenvalue weighted by atomic mass is 9.42. The third-order valence-electron chi connectivity index (χ3n) is 12.1. The van der Waals surface area contributed by atoms with Crippen molar-refractivity contribution in [2.75, 3.05) is 5.75 Å². The second-order valence-corrected chi connectivity index (χ2v) is 14.9. The van der Waals surface area contributed by atoms with Crippen LogP contribution in [0.2, 0.25) is 0 Å². The molecule has 4 rings (SSSR count). The largest absolute Gasteiger partial charge is 0.179 e. The topological polar surface area (TPSA) is 0 Å². The lowest BCUT2D eigenvalue weighted by Gasteiger charge is -2.63. The molecule has 2 heteroatoms. The molecule has 0 radical (unpaired) electrons. The first-order valence-electron chi connectivity index (χ1n) is 13.8. The molecule has 0 saturated heterocycles. The molecular formula is C29H52S2. The van der Waals surface area contributed by atoms with Gasteiger partial charge in [-0.3, -0.25) is 0 Å². The van der Waals surface area contributed by atoms with E-state index in [9.17, 15) is 0 Å². The summed E-state index contributed by atoms with van der Waals surface area (Å²) in [4.78, 5) is 0. The Hall–Kier alpha value is 0.700. The summed E-state index contributed by atoms with van der Waals surface area (Å²) in [5.74, 6) is 7.36. The van der Waals surface area contributed by atoms with Gasteiger partial charge in [0, 0.05) is 5.25 Å². The third kappa shape index (κ3) is 4.08. The molecule has 0 spiro atoms. The highest BCUT2D eigenvalue weighted by atomic mass is 32.1. The van der Waals surface area contributed by atoms with Crippen LogP contribution < -0.4 is 0 Å².